The van der Waals surface area contributed by atoms with Crippen molar-refractivity contribution < 1.29 is 29.2 Å². The zero-order valence-electron chi connectivity index (χ0n) is 17.7. The fourth-order valence-electron chi connectivity index (χ4n) is 2.79. The van der Waals surface area contributed by atoms with E-state index in [1.165, 1.54) is 5.57 Å². The van der Waals surface area contributed by atoms with Gasteiger partial charge in [-0.2, -0.15) is 0 Å². The van der Waals surface area contributed by atoms with Crippen molar-refractivity contribution in [3.63, 3.8) is 0 Å². The van der Waals surface area contributed by atoms with E-state index in [4.69, 9.17) is 19.0 Å². The molecule has 1 atom stereocenters. The lowest BCUT2D eigenvalue weighted by Gasteiger charge is -2.13. The minimum absolute atomic E-state index is 0.114. The van der Waals surface area contributed by atoms with Crippen LogP contribution in [-0.4, -0.2) is 41.2 Å². The molecule has 0 fully saturated rings. The van der Waals surface area contributed by atoms with Gasteiger partial charge in [0.15, 0.2) is 5.75 Å². The molecule has 0 spiro atoms. The summed E-state index contributed by atoms with van der Waals surface area (Å²) >= 11 is 0. The van der Waals surface area contributed by atoms with Crippen molar-refractivity contribution in [2.45, 2.75) is 46.1 Å². The Bertz CT molecular complexity index is 952. The van der Waals surface area contributed by atoms with Crippen LogP contribution < -0.4 is 15.1 Å². The first kappa shape index (κ1) is 23.5. The van der Waals surface area contributed by atoms with Crippen molar-refractivity contribution in [1.82, 2.24) is 0 Å². The van der Waals surface area contributed by atoms with E-state index in [1.807, 2.05) is 13.0 Å². The Morgan fingerprint density at radius 2 is 1.97 bits per heavy atom. The summed E-state index contributed by atoms with van der Waals surface area (Å²) in [5.41, 5.74) is 1.77. The predicted octanol–water partition coefficient (Wildman–Crippen LogP) is 3.69. The molecule has 2 rings (SSSR count). The number of aliphatic hydroxyl groups excluding tert-OH is 2. The molecule has 0 radical (unpaired) electrons. The summed E-state index contributed by atoms with van der Waals surface area (Å²) in [7, 11) is 0. The molecule has 164 valence electrons. The first-order chi connectivity index (χ1) is 14.3. The van der Waals surface area contributed by atoms with Crippen molar-refractivity contribution in [1.29, 1.82) is 0 Å². The second kappa shape index (κ2) is 11.4. The van der Waals surface area contributed by atoms with Crippen LogP contribution in [0.2, 0.25) is 0 Å². The lowest BCUT2D eigenvalue weighted by molar-refractivity contribution is 0.0756. The van der Waals surface area contributed by atoms with Crippen LogP contribution in [0.15, 0.2) is 50.7 Å². The quantitative estimate of drug-likeness (QED) is 0.377. The molecule has 0 saturated carbocycles. The number of benzene rings is 1. The monoisotopic (exact) mass is 418 g/mol. The molecule has 1 aromatic carbocycles. The highest BCUT2D eigenvalue weighted by atomic mass is 16.5. The van der Waals surface area contributed by atoms with Gasteiger partial charge in [-0.25, -0.2) is 4.79 Å². The first-order valence-corrected chi connectivity index (χ1v) is 9.95. The van der Waals surface area contributed by atoms with Crippen LogP contribution in [0.5, 0.6) is 17.2 Å². The molecule has 7 nitrogen and oxygen atoms in total. The maximum absolute atomic E-state index is 12.2. The maximum atomic E-state index is 12.2. The Hall–Kier alpha value is -2.77. The minimum atomic E-state index is -0.892. The second-order valence-corrected chi connectivity index (χ2v) is 7.35. The van der Waals surface area contributed by atoms with Crippen LogP contribution in [-0.2, 0) is 0 Å². The van der Waals surface area contributed by atoms with Crippen molar-refractivity contribution in [3.8, 4) is 17.2 Å². The van der Waals surface area contributed by atoms with Gasteiger partial charge in [0.05, 0.1) is 19.3 Å². The zero-order chi connectivity index (χ0) is 22.1. The molecule has 0 aliphatic rings. The highest BCUT2D eigenvalue weighted by molar-refractivity contribution is 5.91. The number of rotatable bonds is 11. The number of aliphatic hydroxyl groups is 2. The summed E-state index contributed by atoms with van der Waals surface area (Å²) in [5.74, 6) is -0.338. The van der Waals surface area contributed by atoms with E-state index in [-0.39, 0.29) is 54.5 Å². The van der Waals surface area contributed by atoms with E-state index in [0.29, 0.717) is 0 Å². The third kappa shape index (κ3) is 6.64. The fraction of sp³-hybridized carbons (Fsp3) is 0.435. The van der Waals surface area contributed by atoms with Crippen LogP contribution in [0.4, 0.5) is 0 Å². The summed E-state index contributed by atoms with van der Waals surface area (Å²) in [6.45, 7) is 5.96. The molecule has 0 aliphatic heterocycles. The summed E-state index contributed by atoms with van der Waals surface area (Å²) in [5, 5.41) is 29.2. The van der Waals surface area contributed by atoms with Gasteiger partial charge in [0.2, 0.25) is 5.75 Å². The summed E-state index contributed by atoms with van der Waals surface area (Å²) in [6.07, 6.45) is 5.15. The van der Waals surface area contributed by atoms with Gasteiger partial charge < -0.3 is 29.2 Å². The lowest BCUT2D eigenvalue weighted by atomic mass is 10.1. The van der Waals surface area contributed by atoms with E-state index in [9.17, 15) is 15.0 Å². The second-order valence-electron chi connectivity index (χ2n) is 7.35. The van der Waals surface area contributed by atoms with E-state index >= 15 is 0 Å². The minimum Gasteiger partial charge on any atom is -0.503 e. The molecule has 0 bridgehead atoms. The first-order valence-electron chi connectivity index (χ1n) is 9.95. The average Bonchev–Trinajstić information content (AvgIpc) is 2.69. The number of ether oxygens (including phenoxy) is 2. The lowest BCUT2D eigenvalue weighted by Crippen LogP contribution is -2.16. The Morgan fingerprint density at radius 3 is 2.67 bits per heavy atom. The van der Waals surface area contributed by atoms with Gasteiger partial charge in [0, 0.05) is 6.42 Å². The molecule has 2 aromatic rings. The summed E-state index contributed by atoms with van der Waals surface area (Å²) in [4.78, 5) is 12.2. The zero-order valence-corrected chi connectivity index (χ0v) is 17.7. The van der Waals surface area contributed by atoms with Gasteiger partial charge >= 0.3 is 5.63 Å². The standard InChI is InChI=1S/C23H30O7/c1-15(2)6-4-7-16(3)10-12-29-22-21(26)20-18(28-13-11-17(25)14-24)8-5-9-19(20)30-23(22)27/h5-6,8-10,17,24-26H,4,7,11-14H2,1-3H3. The third-order valence-corrected chi connectivity index (χ3v) is 4.50. The van der Waals surface area contributed by atoms with Crippen LogP contribution in [0.3, 0.4) is 0 Å². The Labute approximate surface area is 175 Å². The third-order valence-electron chi connectivity index (χ3n) is 4.50. The summed E-state index contributed by atoms with van der Waals surface area (Å²) < 4.78 is 16.4. The highest BCUT2D eigenvalue weighted by Crippen LogP contribution is 2.37. The van der Waals surface area contributed by atoms with Crippen LogP contribution in [0.1, 0.15) is 40.0 Å². The van der Waals surface area contributed by atoms with Crippen molar-refractivity contribution in [2.75, 3.05) is 19.8 Å². The van der Waals surface area contributed by atoms with E-state index in [0.717, 1.165) is 18.4 Å². The van der Waals surface area contributed by atoms with Gasteiger partial charge in [0.1, 0.15) is 23.3 Å². The average molecular weight is 418 g/mol. The number of hydrogen-bond acceptors (Lipinski definition) is 7. The smallest absolute Gasteiger partial charge is 0.383 e. The maximum Gasteiger partial charge on any atom is 0.383 e. The van der Waals surface area contributed by atoms with E-state index in [1.54, 1.807) is 18.2 Å². The number of fused-ring (bicyclic) bond motifs is 1. The van der Waals surface area contributed by atoms with Crippen LogP contribution >= 0.6 is 0 Å². The molecule has 3 N–H and O–H groups in total. The van der Waals surface area contributed by atoms with E-state index < -0.39 is 11.7 Å². The molecular weight excluding hydrogens is 388 g/mol. The SMILES string of the molecule is CC(C)=CCCC(C)=CCOc1c(O)c2c(OCCC(O)CO)cccc2oc1=O. The van der Waals surface area contributed by atoms with Gasteiger partial charge in [-0.15, -0.1) is 0 Å². The van der Waals surface area contributed by atoms with Gasteiger partial charge in [-0.05, 0) is 51.8 Å². The highest BCUT2D eigenvalue weighted by Gasteiger charge is 2.19. The topological polar surface area (TPSA) is 109 Å². The largest absolute Gasteiger partial charge is 0.503 e. The van der Waals surface area contributed by atoms with Gasteiger partial charge in [-0.3, -0.25) is 0 Å². The van der Waals surface area contributed by atoms with Crippen molar-refractivity contribution in [2.24, 2.45) is 0 Å². The normalized spacial score (nSPS) is 12.6. The van der Waals surface area contributed by atoms with Crippen LogP contribution in [0, 0.1) is 0 Å². The molecule has 0 saturated heterocycles. The van der Waals surface area contributed by atoms with Gasteiger partial charge in [0.25, 0.3) is 0 Å². The molecule has 0 aliphatic carbocycles. The van der Waals surface area contributed by atoms with Gasteiger partial charge in [-0.1, -0.05) is 23.3 Å². The van der Waals surface area contributed by atoms with E-state index in [2.05, 4.69) is 19.9 Å². The molecule has 1 unspecified atom stereocenters. The number of allylic oxidation sites excluding steroid dienone is 3. The molecule has 0 amide bonds. The Morgan fingerprint density at radius 1 is 1.20 bits per heavy atom. The fourth-order valence-corrected chi connectivity index (χ4v) is 2.79. The molecular formula is C23H30O7. The Kier molecular flexibility index (Phi) is 8.95. The number of hydrogen-bond donors (Lipinski definition) is 3. The summed E-state index contributed by atoms with van der Waals surface area (Å²) in [6, 6.07) is 4.79. The molecule has 30 heavy (non-hydrogen) atoms. The molecule has 1 aromatic heterocycles. The van der Waals surface area contributed by atoms with Crippen molar-refractivity contribution >= 4 is 11.0 Å². The molecule has 7 heteroatoms. The Balaban J connectivity index is 2.17. The number of aromatic hydroxyl groups is 1. The predicted molar refractivity (Wildman–Crippen MR) is 115 cm³/mol. The van der Waals surface area contributed by atoms with Crippen molar-refractivity contribution in [3.05, 3.63) is 51.9 Å². The molecule has 1 heterocycles. The van der Waals surface area contributed by atoms with Crippen LogP contribution in [0.25, 0.3) is 11.0 Å².